The number of halogens is 3. The lowest BCUT2D eigenvalue weighted by atomic mass is 9.94. The van der Waals surface area contributed by atoms with Gasteiger partial charge in [0.25, 0.3) is 0 Å². The van der Waals surface area contributed by atoms with Gasteiger partial charge in [0, 0.05) is 30.7 Å². The van der Waals surface area contributed by atoms with E-state index in [1.54, 1.807) is 24.5 Å². The summed E-state index contributed by atoms with van der Waals surface area (Å²) in [5, 5.41) is 7.61. The number of H-pyrrole nitrogens is 1. The molecule has 5 rings (SSSR count). The number of aromatic nitrogens is 3. The van der Waals surface area contributed by atoms with Crippen LogP contribution in [0.2, 0.25) is 0 Å². The quantitative estimate of drug-likeness (QED) is 0.465. The topological polar surface area (TPSA) is 94.7 Å². The second kappa shape index (κ2) is 10.8. The van der Waals surface area contributed by atoms with E-state index in [9.17, 15) is 22.8 Å². The highest BCUT2D eigenvalue weighted by molar-refractivity contribution is 6.07. The Kier molecular flexibility index (Phi) is 7.48. The maximum Gasteiger partial charge on any atom is 0.405 e. The van der Waals surface area contributed by atoms with Crippen molar-refractivity contribution in [3.63, 3.8) is 0 Å². The van der Waals surface area contributed by atoms with Crippen LogP contribution in [0.15, 0.2) is 42.7 Å². The van der Waals surface area contributed by atoms with Crippen LogP contribution in [0.1, 0.15) is 37.7 Å². The third kappa shape index (κ3) is 5.56. The van der Waals surface area contributed by atoms with Gasteiger partial charge in [-0.05, 0) is 44.0 Å². The molecule has 2 aliphatic heterocycles. The van der Waals surface area contributed by atoms with Gasteiger partial charge in [-0.15, -0.1) is 0 Å². The summed E-state index contributed by atoms with van der Waals surface area (Å²) in [6.07, 6.45) is 0.533. The van der Waals surface area contributed by atoms with Gasteiger partial charge in [-0.1, -0.05) is 25.1 Å². The predicted octanol–water partition coefficient (Wildman–Crippen LogP) is 3.73. The van der Waals surface area contributed by atoms with Gasteiger partial charge < -0.3 is 14.5 Å². The van der Waals surface area contributed by atoms with Crippen molar-refractivity contribution in [2.24, 2.45) is 0 Å². The number of likely N-dealkylation sites (N-methyl/N-ethyl adjacent to an activating group) is 1. The number of carbonyl (C=O) groups is 2. The normalized spacial score (nSPS) is 20.9. The number of anilines is 1. The number of pyridine rings is 1. The molecule has 3 atom stereocenters. The molecule has 1 saturated heterocycles. The molecule has 0 bridgehead atoms. The van der Waals surface area contributed by atoms with E-state index in [1.165, 1.54) is 21.7 Å². The Bertz CT molecular complexity index is 1350. The number of alkyl halides is 3. The zero-order valence-electron chi connectivity index (χ0n) is 21.8. The minimum Gasteiger partial charge on any atom is -0.489 e. The van der Waals surface area contributed by atoms with Gasteiger partial charge in [-0.25, -0.2) is 4.98 Å². The second-order valence-electron chi connectivity index (χ2n) is 10.1. The fraction of sp³-hybridized carbons (Fsp3) is 0.481. The number of hydrogen-bond donors (Lipinski definition) is 1. The molecular formula is C27H31F3N6O3. The molecule has 1 aromatic carbocycles. The standard InChI is InChI=1S/C27H31F3N6O3/c1-3-18(39-19-12-17-13-32-33-25(17)31-14-19)8-9-21-20-6-4-5-7-22(20)36(26(21)38)16-24(37)35-11-10-34(2)23(15-35)27(28,29)30/h4-7,12-14,18,21,23H,3,8-11,15-16H2,1-2H3,(H,31,32,33). The van der Waals surface area contributed by atoms with Crippen molar-refractivity contribution in [3.8, 4) is 5.75 Å². The summed E-state index contributed by atoms with van der Waals surface area (Å²) < 4.78 is 46.5. The minimum absolute atomic E-state index is 0.116. The average Bonchev–Trinajstić information content (AvgIpc) is 3.48. The number of piperazine rings is 1. The summed E-state index contributed by atoms with van der Waals surface area (Å²) in [6, 6.07) is 7.43. The van der Waals surface area contributed by atoms with E-state index in [4.69, 9.17) is 4.74 Å². The smallest absolute Gasteiger partial charge is 0.405 e. The van der Waals surface area contributed by atoms with E-state index in [-0.39, 0.29) is 31.6 Å². The number of aromatic amines is 1. The summed E-state index contributed by atoms with van der Waals surface area (Å²) >= 11 is 0. The van der Waals surface area contributed by atoms with Gasteiger partial charge in [-0.3, -0.25) is 19.6 Å². The minimum atomic E-state index is -4.44. The van der Waals surface area contributed by atoms with E-state index in [2.05, 4.69) is 15.2 Å². The first kappa shape index (κ1) is 26.9. The van der Waals surface area contributed by atoms with Crippen LogP contribution in [0, 0.1) is 0 Å². The fourth-order valence-corrected chi connectivity index (χ4v) is 5.37. The number of fused-ring (bicyclic) bond motifs is 2. The van der Waals surface area contributed by atoms with E-state index in [0.717, 1.165) is 17.4 Å². The van der Waals surface area contributed by atoms with Gasteiger partial charge >= 0.3 is 6.18 Å². The van der Waals surface area contributed by atoms with Gasteiger partial charge in [0.15, 0.2) is 5.65 Å². The van der Waals surface area contributed by atoms with Crippen LogP contribution >= 0.6 is 0 Å². The summed E-state index contributed by atoms with van der Waals surface area (Å²) in [6.45, 7) is 1.58. The van der Waals surface area contributed by atoms with Gasteiger partial charge in [-0.2, -0.15) is 18.3 Å². The van der Waals surface area contributed by atoms with Crippen molar-refractivity contribution in [3.05, 3.63) is 48.3 Å². The number of benzene rings is 1. The zero-order chi connectivity index (χ0) is 27.7. The highest BCUT2D eigenvalue weighted by Crippen LogP contribution is 2.40. The highest BCUT2D eigenvalue weighted by Gasteiger charge is 2.46. The molecule has 39 heavy (non-hydrogen) atoms. The predicted molar refractivity (Wildman–Crippen MR) is 138 cm³/mol. The van der Waals surface area contributed by atoms with Crippen molar-refractivity contribution >= 4 is 28.5 Å². The van der Waals surface area contributed by atoms with Crippen molar-refractivity contribution in [1.82, 2.24) is 25.0 Å². The van der Waals surface area contributed by atoms with Crippen molar-refractivity contribution in [1.29, 1.82) is 0 Å². The molecule has 2 aromatic heterocycles. The SMILES string of the molecule is CCC(CCC1C(=O)N(CC(=O)N2CCN(C)C(C(F)(F)F)C2)c2ccccc21)Oc1cnc2[nH]ncc2c1. The molecular weight excluding hydrogens is 513 g/mol. The molecule has 2 amide bonds. The van der Waals surface area contributed by atoms with Crippen molar-refractivity contribution in [2.75, 3.05) is 38.1 Å². The monoisotopic (exact) mass is 544 g/mol. The lowest BCUT2D eigenvalue weighted by Crippen LogP contribution is -2.59. The number of nitrogens with zero attached hydrogens (tertiary/aromatic N) is 5. The molecule has 4 heterocycles. The van der Waals surface area contributed by atoms with Crippen molar-refractivity contribution in [2.45, 2.75) is 50.4 Å². The van der Waals surface area contributed by atoms with Gasteiger partial charge in [0.05, 0.1) is 24.4 Å². The largest absolute Gasteiger partial charge is 0.489 e. The zero-order valence-corrected chi connectivity index (χ0v) is 21.8. The Labute approximate surface area is 223 Å². The van der Waals surface area contributed by atoms with Crippen molar-refractivity contribution < 1.29 is 27.5 Å². The van der Waals surface area contributed by atoms with Crippen LogP contribution in [0.3, 0.4) is 0 Å². The average molecular weight is 545 g/mol. The van der Waals surface area contributed by atoms with Gasteiger partial charge in [0.1, 0.15) is 18.3 Å². The van der Waals surface area contributed by atoms with E-state index < -0.39 is 30.6 Å². The Morgan fingerprint density at radius 2 is 2.03 bits per heavy atom. The molecule has 3 unspecified atom stereocenters. The summed E-state index contributed by atoms with van der Waals surface area (Å²) in [7, 11) is 1.41. The molecule has 1 fully saturated rings. The van der Waals surface area contributed by atoms with Crippen LogP contribution in [-0.4, -0.2) is 88.3 Å². The maximum atomic E-state index is 13.5. The van der Waals surface area contributed by atoms with Crippen LogP contribution in [0.5, 0.6) is 5.75 Å². The maximum absolute atomic E-state index is 13.5. The Morgan fingerprint density at radius 1 is 1.23 bits per heavy atom. The van der Waals surface area contributed by atoms with Crippen LogP contribution < -0.4 is 9.64 Å². The molecule has 2 aliphatic rings. The number of amides is 2. The summed E-state index contributed by atoms with van der Waals surface area (Å²) in [4.78, 5) is 34.8. The molecule has 1 N–H and O–H groups in total. The van der Waals surface area contributed by atoms with Crippen LogP contribution in [0.4, 0.5) is 18.9 Å². The first-order chi connectivity index (χ1) is 18.7. The van der Waals surface area contributed by atoms with E-state index in [1.807, 2.05) is 25.1 Å². The molecule has 0 radical (unpaired) electrons. The molecule has 0 aliphatic carbocycles. The number of para-hydroxylation sites is 1. The molecule has 0 spiro atoms. The first-order valence-corrected chi connectivity index (χ1v) is 13.1. The number of nitrogens with one attached hydrogen (secondary N) is 1. The number of hydrogen-bond acceptors (Lipinski definition) is 6. The molecule has 12 heteroatoms. The third-order valence-electron chi connectivity index (χ3n) is 7.64. The van der Waals surface area contributed by atoms with Gasteiger partial charge in [0.2, 0.25) is 11.8 Å². The first-order valence-electron chi connectivity index (χ1n) is 13.1. The Morgan fingerprint density at radius 3 is 2.79 bits per heavy atom. The van der Waals surface area contributed by atoms with E-state index >= 15 is 0 Å². The summed E-state index contributed by atoms with van der Waals surface area (Å²) in [5.41, 5.74) is 2.12. The highest BCUT2D eigenvalue weighted by atomic mass is 19.4. The summed E-state index contributed by atoms with van der Waals surface area (Å²) in [5.74, 6) is -0.553. The Hall–Kier alpha value is -3.67. The number of carbonyl (C=O) groups excluding carboxylic acids is 2. The molecule has 9 nitrogen and oxygen atoms in total. The molecule has 0 saturated carbocycles. The van der Waals surface area contributed by atoms with Crippen LogP contribution in [0.25, 0.3) is 11.0 Å². The van der Waals surface area contributed by atoms with Crippen LogP contribution in [-0.2, 0) is 9.59 Å². The number of rotatable bonds is 8. The fourth-order valence-electron chi connectivity index (χ4n) is 5.37. The molecule has 3 aromatic rings. The number of ether oxygens (including phenoxy) is 1. The lowest BCUT2D eigenvalue weighted by molar-refractivity contribution is -0.193. The Balaban J connectivity index is 1.25. The third-order valence-corrected chi connectivity index (χ3v) is 7.64. The molecule has 208 valence electrons. The lowest BCUT2D eigenvalue weighted by Gasteiger charge is -2.40. The van der Waals surface area contributed by atoms with E-state index in [0.29, 0.717) is 29.9 Å². The second-order valence-corrected chi connectivity index (χ2v) is 10.1.